The third-order valence-corrected chi connectivity index (χ3v) is 6.63. The summed E-state index contributed by atoms with van der Waals surface area (Å²) < 4.78 is 6.59. The molecular weight excluding hydrogens is 528 g/mol. The predicted molar refractivity (Wildman–Crippen MR) is 141 cm³/mol. The van der Waals surface area contributed by atoms with Crippen LogP contribution in [0.15, 0.2) is 79.8 Å². The second kappa shape index (κ2) is 9.43. The summed E-state index contributed by atoms with van der Waals surface area (Å²) in [6.07, 6.45) is 3.64. The maximum Gasteiger partial charge on any atom is 0.0586 e. The van der Waals surface area contributed by atoms with E-state index in [1.165, 1.54) is 0 Å². The van der Waals surface area contributed by atoms with Crippen LogP contribution in [0.3, 0.4) is 0 Å². The largest absolute Gasteiger partial charge is 0.318 e. The Labute approximate surface area is 205 Å². The van der Waals surface area contributed by atoms with Crippen LogP contribution in [0.2, 0.25) is 0 Å². The average molecular weight is 552 g/mol. The van der Waals surface area contributed by atoms with E-state index in [4.69, 9.17) is 0 Å². The first-order valence-electron chi connectivity index (χ1n) is 10.3. The molecule has 4 aromatic rings. The minimum atomic E-state index is 1.06. The summed E-state index contributed by atoms with van der Waals surface area (Å²) in [5.74, 6) is 0. The standard InChI is InChI=1S/C26H24Br2N4/c1-17-13-21(19(3)31(17)25-9-5-23(27)6-10-25)15-29-30-16-22-14-18(2)32(20(22)4)26-11-7-24(28)8-12-26/h5-16H,1-4H3/b29-15-,30-16?. The number of aryl methyl sites for hydroxylation is 2. The van der Waals surface area contributed by atoms with Crippen molar-refractivity contribution in [1.29, 1.82) is 0 Å². The van der Waals surface area contributed by atoms with Gasteiger partial charge < -0.3 is 9.13 Å². The molecule has 0 radical (unpaired) electrons. The zero-order chi connectivity index (χ0) is 22.8. The third kappa shape index (κ3) is 4.57. The molecule has 2 aromatic heterocycles. The van der Waals surface area contributed by atoms with Gasteiger partial charge in [-0.2, -0.15) is 10.2 Å². The molecule has 0 aliphatic carbocycles. The van der Waals surface area contributed by atoms with E-state index in [1.54, 1.807) is 0 Å². The molecule has 2 heterocycles. The van der Waals surface area contributed by atoms with Crippen LogP contribution in [-0.2, 0) is 0 Å². The molecule has 2 aromatic carbocycles. The lowest BCUT2D eigenvalue weighted by atomic mass is 10.2. The van der Waals surface area contributed by atoms with Gasteiger partial charge in [-0.3, -0.25) is 0 Å². The summed E-state index contributed by atoms with van der Waals surface area (Å²) in [7, 11) is 0. The average Bonchev–Trinajstić information content (AvgIpc) is 3.21. The first-order chi connectivity index (χ1) is 15.3. The number of aromatic nitrogens is 2. The lowest BCUT2D eigenvalue weighted by molar-refractivity contribution is 0.964. The van der Waals surface area contributed by atoms with Crippen LogP contribution in [0.5, 0.6) is 0 Å². The molecular formula is C26H24Br2N4. The molecule has 0 atom stereocenters. The molecule has 6 heteroatoms. The molecule has 162 valence electrons. The second-order valence-corrected chi connectivity index (χ2v) is 9.60. The minimum absolute atomic E-state index is 1.06. The van der Waals surface area contributed by atoms with Crippen LogP contribution in [0.25, 0.3) is 11.4 Å². The van der Waals surface area contributed by atoms with Crippen LogP contribution in [0.4, 0.5) is 0 Å². The number of hydrogen-bond donors (Lipinski definition) is 0. The lowest BCUT2D eigenvalue weighted by Crippen LogP contribution is -1.99. The maximum atomic E-state index is 4.33. The molecule has 0 bridgehead atoms. The van der Waals surface area contributed by atoms with E-state index >= 15 is 0 Å². The van der Waals surface area contributed by atoms with Crippen LogP contribution in [0.1, 0.15) is 33.9 Å². The van der Waals surface area contributed by atoms with Crippen LogP contribution in [-0.4, -0.2) is 21.6 Å². The molecule has 0 unspecified atom stereocenters. The van der Waals surface area contributed by atoms with Gasteiger partial charge in [-0.05, 0) is 88.4 Å². The van der Waals surface area contributed by atoms with Gasteiger partial charge in [0, 0.05) is 54.2 Å². The van der Waals surface area contributed by atoms with Crippen molar-refractivity contribution < 1.29 is 0 Å². The predicted octanol–water partition coefficient (Wildman–Crippen LogP) is 7.48. The number of benzene rings is 2. The van der Waals surface area contributed by atoms with E-state index in [2.05, 4.69) is 140 Å². The Hall–Kier alpha value is -2.70. The van der Waals surface area contributed by atoms with Gasteiger partial charge in [0.05, 0.1) is 12.4 Å². The van der Waals surface area contributed by atoms with Crippen molar-refractivity contribution in [2.45, 2.75) is 27.7 Å². The molecule has 32 heavy (non-hydrogen) atoms. The Bertz CT molecular complexity index is 1200. The fourth-order valence-electron chi connectivity index (χ4n) is 4.00. The summed E-state index contributed by atoms with van der Waals surface area (Å²) in [6.45, 7) is 8.41. The van der Waals surface area contributed by atoms with Gasteiger partial charge in [0.15, 0.2) is 0 Å². The van der Waals surface area contributed by atoms with Crippen LogP contribution < -0.4 is 0 Å². The van der Waals surface area contributed by atoms with E-state index in [0.29, 0.717) is 0 Å². The van der Waals surface area contributed by atoms with Crippen LogP contribution >= 0.6 is 31.9 Å². The van der Waals surface area contributed by atoms with Crippen LogP contribution in [0, 0.1) is 27.7 Å². The molecule has 4 nitrogen and oxygen atoms in total. The molecule has 0 aliphatic rings. The summed E-state index contributed by atoms with van der Waals surface area (Å²) in [5.41, 5.74) is 8.97. The lowest BCUT2D eigenvalue weighted by Gasteiger charge is -2.09. The molecule has 4 rings (SSSR count). The zero-order valence-electron chi connectivity index (χ0n) is 18.5. The summed E-state index contributed by atoms with van der Waals surface area (Å²) in [6, 6.07) is 20.9. The highest BCUT2D eigenvalue weighted by molar-refractivity contribution is 9.10. The van der Waals surface area contributed by atoms with Gasteiger partial charge in [0.25, 0.3) is 0 Å². The third-order valence-electron chi connectivity index (χ3n) is 5.57. The topological polar surface area (TPSA) is 34.6 Å². The highest BCUT2D eigenvalue weighted by atomic mass is 79.9. The Morgan fingerprint density at radius 1 is 0.594 bits per heavy atom. The zero-order valence-corrected chi connectivity index (χ0v) is 21.6. The number of halogens is 2. The molecule has 0 N–H and O–H groups in total. The molecule has 0 saturated carbocycles. The monoisotopic (exact) mass is 550 g/mol. The van der Waals surface area contributed by atoms with Crippen molar-refractivity contribution >= 4 is 44.3 Å². The van der Waals surface area contributed by atoms with Gasteiger partial charge in [0.2, 0.25) is 0 Å². The number of rotatable bonds is 5. The normalized spacial score (nSPS) is 11.8. The fourth-order valence-corrected chi connectivity index (χ4v) is 4.53. The van der Waals surface area contributed by atoms with Crippen molar-refractivity contribution in [3.8, 4) is 11.4 Å². The molecule has 0 saturated heterocycles. The number of hydrogen-bond acceptors (Lipinski definition) is 2. The second-order valence-electron chi connectivity index (χ2n) is 7.77. The van der Waals surface area contributed by atoms with E-state index in [-0.39, 0.29) is 0 Å². The number of nitrogens with zero attached hydrogens (tertiary/aromatic N) is 4. The highest BCUT2D eigenvalue weighted by Crippen LogP contribution is 2.23. The van der Waals surface area contributed by atoms with Gasteiger partial charge in [-0.25, -0.2) is 0 Å². The van der Waals surface area contributed by atoms with E-state index < -0.39 is 0 Å². The fraction of sp³-hybridized carbons (Fsp3) is 0.154. The first kappa shape index (κ1) is 22.5. The van der Waals surface area contributed by atoms with Gasteiger partial charge in [0.1, 0.15) is 0 Å². The van der Waals surface area contributed by atoms with Crippen molar-refractivity contribution in [3.63, 3.8) is 0 Å². The first-order valence-corrected chi connectivity index (χ1v) is 11.9. The highest BCUT2D eigenvalue weighted by Gasteiger charge is 2.10. The Kier molecular flexibility index (Phi) is 6.63. The molecule has 0 spiro atoms. The smallest absolute Gasteiger partial charge is 0.0586 e. The molecule has 0 fully saturated rings. The van der Waals surface area contributed by atoms with Gasteiger partial charge in [-0.1, -0.05) is 31.9 Å². The van der Waals surface area contributed by atoms with E-state index in [1.807, 2.05) is 12.4 Å². The maximum absolute atomic E-state index is 4.33. The minimum Gasteiger partial charge on any atom is -0.318 e. The Balaban J connectivity index is 1.56. The van der Waals surface area contributed by atoms with Crippen molar-refractivity contribution in [2.24, 2.45) is 10.2 Å². The Morgan fingerprint density at radius 2 is 0.938 bits per heavy atom. The SMILES string of the molecule is Cc1cc(C=N/N=C\c2cc(C)n(-c3ccc(Br)cc3)c2C)c(C)n1-c1ccc(Br)cc1. The van der Waals surface area contributed by atoms with Gasteiger partial charge >= 0.3 is 0 Å². The quantitative estimate of drug-likeness (QED) is 0.182. The van der Waals surface area contributed by atoms with Crippen molar-refractivity contribution in [1.82, 2.24) is 9.13 Å². The van der Waals surface area contributed by atoms with Crippen molar-refractivity contribution in [2.75, 3.05) is 0 Å². The van der Waals surface area contributed by atoms with Crippen molar-refractivity contribution in [3.05, 3.63) is 104 Å². The summed E-state index contributed by atoms with van der Waals surface area (Å²) in [4.78, 5) is 0. The summed E-state index contributed by atoms with van der Waals surface area (Å²) >= 11 is 7.00. The molecule has 0 amide bonds. The molecule has 0 aliphatic heterocycles. The van der Waals surface area contributed by atoms with Gasteiger partial charge in [-0.15, -0.1) is 0 Å². The van der Waals surface area contributed by atoms with E-state index in [0.717, 1.165) is 54.2 Å². The Morgan fingerprint density at radius 3 is 1.28 bits per heavy atom. The van der Waals surface area contributed by atoms with E-state index in [9.17, 15) is 0 Å². The summed E-state index contributed by atoms with van der Waals surface area (Å²) in [5, 5.41) is 8.66.